The number of para-hydroxylation sites is 1. The van der Waals surface area contributed by atoms with Crippen LogP contribution < -0.4 is 4.74 Å². The maximum atomic E-state index is 10.4. The maximum Gasteiger partial charge on any atom is 0.124 e. The fraction of sp³-hybridized carbons (Fsp3) is 0.429. The predicted molar refractivity (Wildman–Crippen MR) is 98.6 cm³/mol. The highest BCUT2D eigenvalue weighted by atomic mass is 16.5. The molecule has 1 aliphatic heterocycles. The Bertz CT molecular complexity index is 647. The van der Waals surface area contributed by atoms with E-state index in [1.54, 1.807) is 7.11 Å². The van der Waals surface area contributed by atoms with Crippen LogP contribution in [0, 0.1) is 0 Å². The Hall–Kier alpha value is -1.88. The van der Waals surface area contributed by atoms with Crippen molar-refractivity contribution in [3.8, 4) is 5.75 Å². The molecule has 25 heavy (non-hydrogen) atoms. The monoisotopic (exact) mass is 341 g/mol. The van der Waals surface area contributed by atoms with E-state index >= 15 is 0 Å². The van der Waals surface area contributed by atoms with E-state index in [4.69, 9.17) is 9.47 Å². The molecule has 0 radical (unpaired) electrons. The summed E-state index contributed by atoms with van der Waals surface area (Å²) in [5.74, 6) is 0.820. The highest BCUT2D eigenvalue weighted by molar-refractivity contribution is 5.32. The van der Waals surface area contributed by atoms with Crippen LogP contribution in [0.5, 0.6) is 5.75 Å². The van der Waals surface area contributed by atoms with Gasteiger partial charge >= 0.3 is 0 Å². The average molecular weight is 341 g/mol. The van der Waals surface area contributed by atoms with Gasteiger partial charge in [0.2, 0.25) is 0 Å². The summed E-state index contributed by atoms with van der Waals surface area (Å²) in [6.07, 6.45) is 1.84. The smallest absolute Gasteiger partial charge is 0.124 e. The van der Waals surface area contributed by atoms with E-state index in [-0.39, 0.29) is 0 Å². The molecule has 1 heterocycles. The van der Waals surface area contributed by atoms with E-state index in [9.17, 15) is 5.11 Å². The SMILES string of the molecule is COc1ccccc1COC[C@@H](O)CN1CCC[C@H]1c1ccccc1. The van der Waals surface area contributed by atoms with Crippen LogP contribution in [-0.2, 0) is 11.3 Å². The number of likely N-dealkylation sites (tertiary alicyclic amines) is 1. The summed E-state index contributed by atoms with van der Waals surface area (Å²) < 4.78 is 11.0. The fourth-order valence-electron chi connectivity index (χ4n) is 3.55. The minimum atomic E-state index is -0.487. The second-order valence-electron chi connectivity index (χ2n) is 6.54. The van der Waals surface area contributed by atoms with Gasteiger partial charge in [0.05, 0.1) is 26.4 Å². The first kappa shape index (κ1) is 17.9. The summed E-state index contributed by atoms with van der Waals surface area (Å²) in [4.78, 5) is 2.37. The third-order valence-electron chi connectivity index (χ3n) is 4.75. The van der Waals surface area contributed by atoms with E-state index in [0.29, 0.717) is 25.8 Å². The lowest BCUT2D eigenvalue weighted by Gasteiger charge is -2.27. The third kappa shape index (κ3) is 4.82. The van der Waals surface area contributed by atoms with Crippen molar-refractivity contribution in [2.75, 3.05) is 26.8 Å². The topological polar surface area (TPSA) is 41.9 Å². The van der Waals surface area contributed by atoms with Crippen molar-refractivity contribution >= 4 is 0 Å². The normalized spacial score (nSPS) is 19.0. The lowest BCUT2D eigenvalue weighted by molar-refractivity contribution is 0.00725. The van der Waals surface area contributed by atoms with E-state index in [1.807, 2.05) is 30.3 Å². The molecule has 2 atom stereocenters. The molecule has 3 rings (SSSR count). The Balaban J connectivity index is 1.48. The maximum absolute atomic E-state index is 10.4. The van der Waals surface area contributed by atoms with Gasteiger partial charge in [-0.1, -0.05) is 48.5 Å². The molecule has 1 N–H and O–H groups in total. The molecule has 4 heteroatoms. The molecule has 0 unspecified atom stereocenters. The number of β-amino-alcohol motifs (C(OH)–C–C–N with tert-alkyl or cyclic N) is 1. The van der Waals surface area contributed by atoms with Gasteiger partial charge < -0.3 is 14.6 Å². The quantitative estimate of drug-likeness (QED) is 0.799. The first-order valence-corrected chi connectivity index (χ1v) is 8.94. The van der Waals surface area contributed by atoms with Crippen LogP contribution in [0.15, 0.2) is 54.6 Å². The Labute approximate surface area is 150 Å². The number of benzene rings is 2. The Morgan fingerprint density at radius 3 is 2.68 bits per heavy atom. The van der Waals surface area contributed by atoms with Crippen molar-refractivity contribution in [2.24, 2.45) is 0 Å². The van der Waals surface area contributed by atoms with E-state index in [0.717, 1.165) is 24.3 Å². The van der Waals surface area contributed by atoms with Gasteiger partial charge in [0.1, 0.15) is 5.75 Å². The van der Waals surface area contributed by atoms with Crippen LogP contribution in [0.1, 0.15) is 30.0 Å². The molecule has 0 saturated carbocycles. The van der Waals surface area contributed by atoms with E-state index < -0.39 is 6.10 Å². The van der Waals surface area contributed by atoms with Crippen molar-refractivity contribution < 1.29 is 14.6 Å². The molecule has 0 aromatic heterocycles. The number of methoxy groups -OCH3 is 1. The van der Waals surface area contributed by atoms with Crippen LogP contribution in [0.2, 0.25) is 0 Å². The van der Waals surface area contributed by atoms with Gasteiger partial charge in [-0.3, -0.25) is 4.90 Å². The molecular formula is C21H27NO3. The molecule has 0 spiro atoms. The summed E-state index contributed by atoms with van der Waals surface area (Å²) in [6.45, 7) is 2.45. The van der Waals surface area contributed by atoms with Crippen LogP contribution in [0.4, 0.5) is 0 Å². The Morgan fingerprint density at radius 1 is 1.12 bits per heavy atom. The van der Waals surface area contributed by atoms with Crippen molar-refractivity contribution in [3.05, 3.63) is 65.7 Å². The molecule has 1 saturated heterocycles. The van der Waals surface area contributed by atoms with Crippen LogP contribution >= 0.6 is 0 Å². The van der Waals surface area contributed by atoms with Gasteiger partial charge in [0, 0.05) is 18.2 Å². The molecule has 2 aromatic rings. The zero-order valence-electron chi connectivity index (χ0n) is 14.8. The second-order valence-corrected chi connectivity index (χ2v) is 6.54. The third-order valence-corrected chi connectivity index (χ3v) is 4.75. The highest BCUT2D eigenvalue weighted by Gasteiger charge is 2.27. The zero-order valence-corrected chi connectivity index (χ0v) is 14.8. The molecule has 0 amide bonds. The number of aliphatic hydroxyl groups excluding tert-OH is 1. The van der Waals surface area contributed by atoms with Crippen molar-refractivity contribution in [1.82, 2.24) is 4.90 Å². The van der Waals surface area contributed by atoms with Crippen LogP contribution in [0.3, 0.4) is 0 Å². The van der Waals surface area contributed by atoms with E-state index in [2.05, 4.69) is 29.2 Å². The zero-order chi connectivity index (χ0) is 17.5. The summed E-state index contributed by atoms with van der Waals surface area (Å²) in [5, 5.41) is 10.4. The molecule has 134 valence electrons. The lowest BCUT2D eigenvalue weighted by atomic mass is 10.0. The number of ether oxygens (including phenoxy) is 2. The molecule has 0 aliphatic carbocycles. The standard InChI is InChI=1S/C21H27NO3/c1-24-21-12-6-5-10-18(21)15-25-16-19(23)14-22-13-7-11-20(22)17-8-3-2-4-9-17/h2-6,8-10,12,19-20,23H,7,11,13-16H2,1H3/t19-,20-/m0/s1. The lowest BCUT2D eigenvalue weighted by Crippen LogP contribution is -2.34. The molecule has 2 aromatic carbocycles. The molecule has 1 aliphatic rings. The van der Waals surface area contributed by atoms with E-state index in [1.165, 1.54) is 12.0 Å². The van der Waals surface area contributed by atoms with Crippen molar-refractivity contribution in [1.29, 1.82) is 0 Å². The summed E-state index contributed by atoms with van der Waals surface area (Å²) in [6, 6.07) is 18.8. The number of hydrogen-bond donors (Lipinski definition) is 1. The minimum Gasteiger partial charge on any atom is -0.496 e. The van der Waals surface area contributed by atoms with Crippen molar-refractivity contribution in [3.63, 3.8) is 0 Å². The van der Waals surface area contributed by atoms with Crippen LogP contribution in [-0.4, -0.2) is 42.9 Å². The average Bonchev–Trinajstić information content (AvgIpc) is 3.11. The highest BCUT2D eigenvalue weighted by Crippen LogP contribution is 2.31. The molecule has 1 fully saturated rings. The number of nitrogens with zero attached hydrogens (tertiary/aromatic N) is 1. The Morgan fingerprint density at radius 2 is 1.88 bits per heavy atom. The fourth-order valence-corrected chi connectivity index (χ4v) is 3.55. The molecular weight excluding hydrogens is 314 g/mol. The first-order chi connectivity index (χ1) is 12.3. The first-order valence-electron chi connectivity index (χ1n) is 8.94. The minimum absolute atomic E-state index is 0.329. The van der Waals surface area contributed by atoms with Gasteiger partial charge in [-0.25, -0.2) is 0 Å². The van der Waals surface area contributed by atoms with Gasteiger partial charge in [-0.15, -0.1) is 0 Å². The number of rotatable bonds is 8. The molecule has 0 bridgehead atoms. The predicted octanol–water partition coefficient (Wildman–Crippen LogP) is 3.41. The summed E-state index contributed by atoms with van der Waals surface area (Å²) >= 11 is 0. The summed E-state index contributed by atoms with van der Waals surface area (Å²) in [5.41, 5.74) is 2.34. The van der Waals surface area contributed by atoms with Gasteiger partial charge in [0.15, 0.2) is 0 Å². The van der Waals surface area contributed by atoms with Gasteiger partial charge in [0.25, 0.3) is 0 Å². The summed E-state index contributed by atoms with van der Waals surface area (Å²) in [7, 11) is 1.66. The van der Waals surface area contributed by atoms with Gasteiger partial charge in [-0.05, 0) is 31.0 Å². The second kappa shape index (κ2) is 8.99. The Kier molecular flexibility index (Phi) is 6.45. The van der Waals surface area contributed by atoms with Gasteiger partial charge in [-0.2, -0.15) is 0 Å². The molecule has 4 nitrogen and oxygen atoms in total. The van der Waals surface area contributed by atoms with Crippen LogP contribution in [0.25, 0.3) is 0 Å². The number of hydrogen-bond acceptors (Lipinski definition) is 4. The number of aliphatic hydroxyl groups is 1. The van der Waals surface area contributed by atoms with Crippen molar-refractivity contribution in [2.45, 2.75) is 31.6 Å². The largest absolute Gasteiger partial charge is 0.496 e.